The van der Waals surface area contributed by atoms with E-state index >= 15 is 0 Å². The summed E-state index contributed by atoms with van der Waals surface area (Å²) in [4.78, 5) is 12.2. The summed E-state index contributed by atoms with van der Waals surface area (Å²) in [6.07, 6.45) is -0.668. The number of carbonyl (C=O) groups is 1. The van der Waals surface area contributed by atoms with Crippen LogP contribution in [0.4, 0.5) is 4.39 Å². The Labute approximate surface area is 125 Å². The number of hydrogen-bond acceptors (Lipinski definition) is 2. The van der Waals surface area contributed by atoms with Gasteiger partial charge in [-0.25, -0.2) is 4.39 Å². The van der Waals surface area contributed by atoms with Crippen LogP contribution >= 0.6 is 15.9 Å². The molecular weight excluding hydrogens is 323 g/mol. The predicted molar refractivity (Wildman–Crippen MR) is 79.7 cm³/mol. The summed E-state index contributed by atoms with van der Waals surface area (Å²) in [5.41, 5.74) is 1.11. The van der Waals surface area contributed by atoms with Gasteiger partial charge in [-0.15, -0.1) is 0 Å². The lowest BCUT2D eigenvalue weighted by Gasteiger charge is -2.14. The smallest absolute Gasteiger partial charge is 0.202 e. The van der Waals surface area contributed by atoms with E-state index in [1.54, 1.807) is 50.2 Å². The highest BCUT2D eigenvalue weighted by molar-refractivity contribution is 9.10. The Morgan fingerprint density at radius 2 is 1.85 bits per heavy atom. The Hall–Kier alpha value is -1.68. The van der Waals surface area contributed by atoms with Crippen molar-refractivity contribution in [2.75, 3.05) is 0 Å². The molecule has 2 aromatic carbocycles. The third kappa shape index (κ3) is 3.45. The fourth-order valence-corrected chi connectivity index (χ4v) is 2.02. The van der Waals surface area contributed by atoms with Gasteiger partial charge in [0.05, 0.1) is 0 Å². The van der Waals surface area contributed by atoms with Crippen molar-refractivity contribution in [2.45, 2.75) is 20.0 Å². The van der Waals surface area contributed by atoms with Crippen LogP contribution in [0.5, 0.6) is 5.75 Å². The molecule has 0 saturated carbocycles. The lowest BCUT2D eigenvalue weighted by Crippen LogP contribution is -2.23. The Morgan fingerprint density at radius 1 is 1.20 bits per heavy atom. The summed E-state index contributed by atoms with van der Waals surface area (Å²) in [6.45, 7) is 3.33. The number of benzene rings is 2. The molecule has 2 rings (SSSR count). The number of hydrogen-bond donors (Lipinski definition) is 0. The molecule has 0 saturated heterocycles. The Morgan fingerprint density at radius 3 is 2.45 bits per heavy atom. The fraction of sp³-hybridized carbons (Fsp3) is 0.188. The fourth-order valence-electron chi connectivity index (χ4n) is 1.75. The lowest BCUT2D eigenvalue weighted by atomic mass is 10.1. The Bertz CT molecular complexity index is 623. The van der Waals surface area contributed by atoms with Crippen molar-refractivity contribution in [1.82, 2.24) is 0 Å². The van der Waals surface area contributed by atoms with Gasteiger partial charge in [0.2, 0.25) is 5.78 Å². The minimum absolute atomic E-state index is 0.140. The molecule has 0 N–H and O–H groups in total. The van der Waals surface area contributed by atoms with Gasteiger partial charge in [0.25, 0.3) is 0 Å². The van der Waals surface area contributed by atoms with E-state index < -0.39 is 6.10 Å². The van der Waals surface area contributed by atoms with Gasteiger partial charge < -0.3 is 4.74 Å². The maximum atomic E-state index is 13.4. The molecule has 0 aliphatic carbocycles. The van der Waals surface area contributed by atoms with E-state index in [2.05, 4.69) is 15.9 Å². The second-order valence-electron chi connectivity index (χ2n) is 4.54. The number of aryl methyl sites for hydroxylation is 1. The van der Waals surface area contributed by atoms with Gasteiger partial charge in [0.15, 0.2) is 6.10 Å². The molecule has 0 spiro atoms. The Balaban J connectivity index is 2.11. The van der Waals surface area contributed by atoms with Gasteiger partial charge in [-0.3, -0.25) is 4.79 Å². The predicted octanol–water partition coefficient (Wildman–Crippen LogP) is 4.55. The van der Waals surface area contributed by atoms with E-state index in [1.807, 2.05) is 0 Å². The van der Waals surface area contributed by atoms with Gasteiger partial charge in [0, 0.05) is 16.1 Å². The number of rotatable bonds is 4. The molecule has 20 heavy (non-hydrogen) atoms. The highest BCUT2D eigenvalue weighted by Gasteiger charge is 2.17. The van der Waals surface area contributed by atoms with Crippen LogP contribution in [0.25, 0.3) is 0 Å². The van der Waals surface area contributed by atoms with Crippen molar-refractivity contribution in [1.29, 1.82) is 0 Å². The number of ether oxygens (including phenoxy) is 1. The molecule has 0 heterocycles. The molecule has 104 valence electrons. The third-order valence-electron chi connectivity index (χ3n) is 2.95. The van der Waals surface area contributed by atoms with E-state index in [0.29, 0.717) is 16.9 Å². The minimum atomic E-state index is -0.668. The van der Waals surface area contributed by atoms with Crippen molar-refractivity contribution in [3.63, 3.8) is 0 Å². The number of halogens is 2. The second kappa shape index (κ2) is 6.18. The number of carbonyl (C=O) groups excluding carboxylic acids is 1. The summed E-state index contributed by atoms with van der Waals surface area (Å²) in [6, 6.07) is 11.6. The van der Waals surface area contributed by atoms with Crippen LogP contribution in [0.2, 0.25) is 0 Å². The summed E-state index contributed by atoms with van der Waals surface area (Å²) in [5.74, 6) is -0.129. The molecule has 4 heteroatoms. The molecule has 0 aromatic heterocycles. The average molecular weight is 337 g/mol. The van der Waals surface area contributed by atoms with Crippen molar-refractivity contribution in [2.24, 2.45) is 0 Å². The maximum Gasteiger partial charge on any atom is 0.202 e. The molecule has 0 radical (unpaired) electrons. The van der Waals surface area contributed by atoms with E-state index in [1.165, 1.54) is 6.07 Å². The summed E-state index contributed by atoms with van der Waals surface area (Å²) in [7, 11) is 0. The molecule has 0 aliphatic rings. The zero-order chi connectivity index (χ0) is 14.7. The van der Waals surface area contributed by atoms with Crippen LogP contribution in [0.3, 0.4) is 0 Å². The van der Waals surface area contributed by atoms with Crippen molar-refractivity contribution >= 4 is 21.7 Å². The zero-order valence-corrected chi connectivity index (χ0v) is 12.8. The van der Waals surface area contributed by atoms with Gasteiger partial charge in [0.1, 0.15) is 11.6 Å². The second-order valence-corrected chi connectivity index (χ2v) is 5.46. The molecule has 0 aliphatic heterocycles. The quantitative estimate of drug-likeness (QED) is 0.766. The SMILES string of the molecule is Cc1ccc(OC(C)C(=O)c2ccc(Br)cc2)cc1F. The monoisotopic (exact) mass is 336 g/mol. The van der Waals surface area contributed by atoms with Gasteiger partial charge in [-0.2, -0.15) is 0 Å². The molecular formula is C16H14BrFO2. The van der Waals surface area contributed by atoms with E-state index in [4.69, 9.17) is 4.74 Å². The third-order valence-corrected chi connectivity index (χ3v) is 3.48. The molecule has 0 fully saturated rings. The standard InChI is InChI=1S/C16H14BrFO2/c1-10-3-8-14(9-15(10)18)20-11(2)16(19)12-4-6-13(17)7-5-12/h3-9,11H,1-2H3. The lowest BCUT2D eigenvalue weighted by molar-refractivity contribution is 0.0817. The first-order valence-electron chi connectivity index (χ1n) is 6.20. The molecule has 2 aromatic rings. The maximum absolute atomic E-state index is 13.4. The number of ketones is 1. The van der Waals surface area contributed by atoms with Gasteiger partial charge >= 0.3 is 0 Å². The van der Waals surface area contributed by atoms with Crippen LogP contribution < -0.4 is 4.74 Å². The average Bonchev–Trinajstić information content (AvgIpc) is 2.43. The highest BCUT2D eigenvalue weighted by atomic mass is 79.9. The van der Waals surface area contributed by atoms with Crippen LogP contribution in [0, 0.1) is 12.7 Å². The van der Waals surface area contributed by atoms with Crippen LogP contribution in [-0.2, 0) is 0 Å². The van der Waals surface area contributed by atoms with Crippen LogP contribution in [-0.4, -0.2) is 11.9 Å². The van der Waals surface area contributed by atoms with Crippen molar-refractivity contribution in [3.8, 4) is 5.75 Å². The molecule has 0 bridgehead atoms. The first kappa shape index (κ1) is 14.7. The van der Waals surface area contributed by atoms with Gasteiger partial charge in [-0.1, -0.05) is 34.1 Å². The number of Topliss-reactive ketones (excluding diaryl/α,β-unsaturated/α-hetero) is 1. The minimum Gasteiger partial charge on any atom is -0.482 e. The topological polar surface area (TPSA) is 26.3 Å². The van der Waals surface area contributed by atoms with Crippen LogP contribution in [0.15, 0.2) is 46.9 Å². The van der Waals surface area contributed by atoms with E-state index in [0.717, 1.165) is 4.47 Å². The summed E-state index contributed by atoms with van der Waals surface area (Å²) in [5, 5.41) is 0. The van der Waals surface area contributed by atoms with Crippen molar-refractivity contribution < 1.29 is 13.9 Å². The van der Waals surface area contributed by atoms with Crippen molar-refractivity contribution in [3.05, 3.63) is 63.9 Å². The zero-order valence-electron chi connectivity index (χ0n) is 11.2. The highest BCUT2D eigenvalue weighted by Crippen LogP contribution is 2.19. The normalized spacial score (nSPS) is 12.0. The molecule has 1 unspecified atom stereocenters. The van der Waals surface area contributed by atoms with E-state index in [9.17, 15) is 9.18 Å². The summed E-state index contributed by atoms with van der Waals surface area (Å²) < 4.78 is 19.8. The largest absolute Gasteiger partial charge is 0.482 e. The van der Waals surface area contributed by atoms with E-state index in [-0.39, 0.29) is 11.6 Å². The molecule has 0 amide bonds. The molecule has 2 nitrogen and oxygen atoms in total. The first-order valence-corrected chi connectivity index (χ1v) is 6.99. The first-order chi connectivity index (χ1) is 9.47. The summed E-state index contributed by atoms with van der Waals surface area (Å²) >= 11 is 3.32. The van der Waals surface area contributed by atoms with Gasteiger partial charge in [-0.05, 0) is 37.6 Å². The van der Waals surface area contributed by atoms with Crippen LogP contribution in [0.1, 0.15) is 22.8 Å². The Kier molecular flexibility index (Phi) is 4.55. The molecule has 1 atom stereocenters.